The van der Waals surface area contributed by atoms with Gasteiger partial charge in [-0.25, -0.2) is 0 Å². The lowest BCUT2D eigenvalue weighted by molar-refractivity contribution is -0.137. The van der Waals surface area contributed by atoms with Crippen LogP contribution in [0.3, 0.4) is 0 Å². The van der Waals surface area contributed by atoms with E-state index in [1.807, 2.05) is 75.8 Å². The van der Waals surface area contributed by atoms with Crippen LogP contribution in [0, 0.1) is 0 Å². The summed E-state index contributed by atoms with van der Waals surface area (Å²) < 4.78 is 0. The average molecular weight is 370 g/mol. The average Bonchev–Trinajstić information content (AvgIpc) is 3.12. The van der Waals surface area contributed by atoms with Crippen LogP contribution in [0.4, 0.5) is 0 Å². The molecule has 1 fully saturated rings. The van der Waals surface area contributed by atoms with Gasteiger partial charge in [-0.2, -0.15) is 0 Å². The Morgan fingerprint density at radius 1 is 1.09 bits per heavy atom. The lowest BCUT2D eigenvalue weighted by atomic mass is 9.83. The van der Waals surface area contributed by atoms with Crippen molar-refractivity contribution in [2.45, 2.75) is 64.8 Å². The summed E-state index contributed by atoms with van der Waals surface area (Å²) in [5, 5.41) is 0. The maximum absolute atomic E-state index is 12.7. The summed E-state index contributed by atoms with van der Waals surface area (Å²) >= 11 is 2.94. The molecule has 2 nitrogen and oxygen atoms in total. The number of nitrogens with zero attached hydrogens (tertiary/aromatic N) is 1. The van der Waals surface area contributed by atoms with Crippen molar-refractivity contribution >= 4 is 21.8 Å². The van der Waals surface area contributed by atoms with Crippen molar-refractivity contribution in [1.29, 1.82) is 0 Å². The molecule has 1 aliphatic rings. The quantitative estimate of drug-likeness (QED) is 0.652. The van der Waals surface area contributed by atoms with Crippen LogP contribution < -0.4 is 0 Å². The number of halogens is 1. The van der Waals surface area contributed by atoms with Crippen molar-refractivity contribution in [3.05, 3.63) is 35.9 Å². The molecule has 0 heterocycles. The molecule has 1 aliphatic carbocycles. The van der Waals surface area contributed by atoms with Gasteiger partial charge in [0.15, 0.2) is 0 Å². The van der Waals surface area contributed by atoms with E-state index in [4.69, 9.17) is 0 Å². The fraction of sp³-hybridized carbons (Fsp3) is 0.632. The van der Waals surface area contributed by atoms with Gasteiger partial charge in [-0.1, -0.05) is 73.0 Å². The fourth-order valence-electron chi connectivity index (χ4n) is 2.88. The van der Waals surface area contributed by atoms with E-state index in [1.165, 1.54) is 12.8 Å². The van der Waals surface area contributed by atoms with Crippen LogP contribution in [-0.4, -0.2) is 29.7 Å². The third-order valence-corrected chi connectivity index (χ3v) is 4.22. The number of hydrogen-bond donors (Lipinski definition) is 0. The van der Waals surface area contributed by atoms with Crippen molar-refractivity contribution in [2.24, 2.45) is 0 Å². The summed E-state index contributed by atoms with van der Waals surface area (Å²) in [7, 11) is 1.96. The Balaban J connectivity index is 0.00000102. The minimum absolute atomic E-state index is 0.237. The predicted molar refractivity (Wildman–Crippen MR) is 101 cm³/mol. The Labute approximate surface area is 145 Å². The lowest BCUT2D eigenvalue weighted by Gasteiger charge is -2.33. The summed E-state index contributed by atoms with van der Waals surface area (Å²) in [6, 6.07) is 10.5. The Kier molecular flexibility index (Phi) is 10.4. The van der Waals surface area contributed by atoms with Crippen molar-refractivity contribution in [2.75, 3.05) is 12.9 Å². The molecule has 0 atom stereocenters. The molecule has 0 saturated heterocycles. The van der Waals surface area contributed by atoms with E-state index >= 15 is 0 Å². The van der Waals surface area contributed by atoms with Crippen LogP contribution in [-0.2, 0) is 10.2 Å². The van der Waals surface area contributed by atoms with Gasteiger partial charge in [-0.05, 0) is 38.1 Å². The smallest absolute Gasteiger partial charge is 0.232 e. The third kappa shape index (κ3) is 5.42. The molecule has 22 heavy (non-hydrogen) atoms. The highest BCUT2D eigenvalue weighted by atomic mass is 79.9. The topological polar surface area (TPSA) is 20.3 Å². The number of benzene rings is 1. The molecule has 0 N–H and O–H groups in total. The molecule has 1 saturated carbocycles. The molecule has 0 spiro atoms. The van der Waals surface area contributed by atoms with E-state index in [9.17, 15) is 4.79 Å². The highest BCUT2D eigenvalue weighted by Crippen LogP contribution is 2.29. The van der Waals surface area contributed by atoms with Crippen molar-refractivity contribution < 1.29 is 4.79 Å². The highest BCUT2D eigenvalue weighted by Gasteiger charge is 2.35. The maximum atomic E-state index is 12.7. The third-order valence-electron chi connectivity index (χ3n) is 4.22. The van der Waals surface area contributed by atoms with E-state index in [0.717, 1.165) is 18.4 Å². The van der Waals surface area contributed by atoms with Gasteiger partial charge in [0.25, 0.3) is 0 Å². The lowest BCUT2D eigenvalue weighted by Crippen LogP contribution is -2.45. The molecular weight excluding hydrogens is 338 g/mol. The number of likely N-dealkylation sites (N-methyl/N-ethyl adjacent to an activating group) is 1. The standard InChI is InChI=1S/C16H23NO.C2H6.CH3Br/c1-16(2,13-9-5-4-6-10-13)15(18)17(3)14-11-7-8-12-14;2*1-2/h4-6,9-10,14H,7-8,11-12H2,1-3H3;1-2H3;1H3. The number of carbonyl (C=O) groups is 1. The second kappa shape index (κ2) is 10.8. The molecule has 0 unspecified atom stereocenters. The first-order valence-electron chi connectivity index (χ1n) is 8.24. The molecule has 1 aromatic rings. The van der Waals surface area contributed by atoms with Crippen LogP contribution in [0.25, 0.3) is 0 Å². The summed E-state index contributed by atoms with van der Waals surface area (Å²) in [5.41, 5.74) is 0.665. The minimum Gasteiger partial charge on any atom is -0.342 e. The van der Waals surface area contributed by atoms with Crippen molar-refractivity contribution in [3.63, 3.8) is 0 Å². The van der Waals surface area contributed by atoms with Gasteiger partial charge in [0.2, 0.25) is 5.91 Å². The summed E-state index contributed by atoms with van der Waals surface area (Å²) in [5.74, 6) is 2.05. The summed E-state index contributed by atoms with van der Waals surface area (Å²) in [6.07, 6.45) is 4.84. The maximum Gasteiger partial charge on any atom is 0.232 e. The Morgan fingerprint density at radius 2 is 1.55 bits per heavy atom. The largest absolute Gasteiger partial charge is 0.342 e. The first kappa shape index (κ1) is 21.2. The van der Waals surface area contributed by atoms with E-state index in [0.29, 0.717) is 6.04 Å². The number of alkyl halides is 1. The number of amides is 1. The molecule has 2 rings (SSSR count). The van der Waals surface area contributed by atoms with Gasteiger partial charge in [0.1, 0.15) is 0 Å². The van der Waals surface area contributed by atoms with Crippen LogP contribution in [0.5, 0.6) is 0 Å². The fourth-order valence-corrected chi connectivity index (χ4v) is 2.88. The zero-order chi connectivity index (χ0) is 17.2. The highest BCUT2D eigenvalue weighted by molar-refractivity contribution is 9.08. The van der Waals surface area contributed by atoms with E-state index < -0.39 is 5.41 Å². The summed E-state index contributed by atoms with van der Waals surface area (Å²) in [6.45, 7) is 8.05. The van der Waals surface area contributed by atoms with Gasteiger partial charge in [-0.15, -0.1) is 0 Å². The Bertz CT molecular complexity index is 411. The van der Waals surface area contributed by atoms with Gasteiger partial charge in [0.05, 0.1) is 5.41 Å². The normalized spacial score (nSPS) is 14.3. The second-order valence-electron chi connectivity index (χ2n) is 5.85. The minimum atomic E-state index is -0.432. The second-order valence-corrected chi connectivity index (χ2v) is 5.85. The Hall–Kier alpha value is -0.830. The van der Waals surface area contributed by atoms with E-state index in [-0.39, 0.29) is 5.91 Å². The zero-order valence-corrected chi connectivity index (χ0v) is 16.6. The van der Waals surface area contributed by atoms with Gasteiger partial charge in [-0.3, -0.25) is 4.79 Å². The van der Waals surface area contributed by atoms with Crippen LogP contribution in [0.1, 0.15) is 58.9 Å². The van der Waals surface area contributed by atoms with E-state index in [2.05, 4.69) is 15.9 Å². The van der Waals surface area contributed by atoms with E-state index in [1.54, 1.807) is 0 Å². The number of carbonyl (C=O) groups excluding carboxylic acids is 1. The van der Waals surface area contributed by atoms with Gasteiger partial charge < -0.3 is 4.90 Å². The predicted octanol–water partition coefficient (Wildman–Crippen LogP) is 5.40. The Morgan fingerprint density at radius 3 is 2.00 bits per heavy atom. The SMILES string of the molecule is CBr.CC.CN(C(=O)C(C)(C)c1ccccc1)C1CCCC1. The summed E-state index contributed by atoms with van der Waals surface area (Å²) in [4.78, 5) is 14.7. The van der Waals surface area contributed by atoms with Crippen molar-refractivity contribution in [1.82, 2.24) is 4.90 Å². The molecule has 0 radical (unpaired) electrons. The molecule has 0 bridgehead atoms. The van der Waals surface area contributed by atoms with Crippen LogP contribution >= 0.6 is 15.9 Å². The van der Waals surface area contributed by atoms with Crippen molar-refractivity contribution in [3.8, 4) is 0 Å². The molecule has 1 aromatic carbocycles. The molecular formula is C19H32BrNO. The first-order valence-corrected chi connectivity index (χ1v) is 9.82. The van der Waals surface area contributed by atoms with Crippen LogP contribution in [0.2, 0.25) is 0 Å². The van der Waals surface area contributed by atoms with Gasteiger partial charge in [0, 0.05) is 13.1 Å². The number of rotatable bonds is 3. The molecule has 0 aliphatic heterocycles. The zero-order valence-electron chi connectivity index (χ0n) is 15.0. The van der Waals surface area contributed by atoms with Gasteiger partial charge >= 0.3 is 0 Å². The molecule has 3 heteroatoms. The van der Waals surface area contributed by atoms with Crippen LogP contribution in [0.15, 0.2) is 30.3 Å². The molecule has 1 amide bonds. The first-order chi connectivity index (χ1) is 10.5. The molecule has 0 aromatic heterocycles. The monoisotopic (exact) mass is 369 g/mol. The molecule has 126 valence electrons. The number of hydrogen-bond acceptors (Lipinski definition) is 1.